The summed E-state index contributed by atoms with van der Waals surface area (Å²) in [6.07, 6.45) is 8.83. The quantitative estimate of drug-likeness (QED) is 0.850. The molecule has 0 aliphatic heterocycles. The number of nitrogens with one attached hydrogen (secondary N) is 1. The standard InChI is InChI=1S/C13H21NOS/c1-14-12(13-8-5-9-15-13)10-16-11-6-3-2-4-7-11/h5,8-9,11-12,14H,2-4,6-7,10H2,1H3. The summed E-state index contributed by atoms with van der Waals surface area (Å²) in [7, 11) is 2.01. The highest BCUT2D eigenvalue weighted by molar-refractivity contribution is 7.99. The molecular weight excluding hydrogens is 218 g/mol. The Balaban J connectivity index is 1.78. The summed E-state index contributed by atoms with van der Waals surface area (Å²) in [6.45, 7) is 0. The fourth-order valence-corrected chi connectivity index (χ4v) is 3.72. The van der Waals surface area contributed by atoms with Crippen LogP contribution in [0.4, 0.5) is 0 Å². The van der Waals surface area contributed by atoms with E-state index in [1.165, 1.54) is 32.1 Å². The highest BCUT2D eigenvalue weighted by Crippen LogP contribution is 2.30. The molecule has 1 unspecified atom stereocenters. The molecule has 1 saturated carbocycles. The number of thioether (sulfide) groups is 1. The van der Waals surface area contributed by atoms with Crippen LogP contribution < -0.4 is 5.32 Å². The minimum atomic E-state index is 0.363. The largest absolute Gasteiger partial charge is 0.468 e. The van der Waals surface area contributed by atoms with Gasteiger partial charge in [-0.15, -0.1) is 0 Å². The predicted octanol–water partition coefficient (Wildman–Crippen LogP) is 3.61. The molecule has 1 aliphatic rings. The summed E-state index contributed by atoms with van der Waals surface area (Å²) in [5, 5.41) is 4.20. The van der Waals surface area contributed by atoms with E-state index in [2.05, 4.69) is 23.1 Å². The van der Waals surface area contributed by atoms with Gasteiger partial charge in [0.05, 0.1) is 12.3 Å². The van der Waals surface area contributed by atoms with Crippen LogP contribution in [0.5, 0.6) is 0 Å². The van der Waals surface area contributed by atoms with Crippen molar-refractivity contribution in [2.75, 3.05) is 12.8 Å². The van der Waals surface area contributed by atoms with Crippen molar-refractivity contribution in [1.29, 1.82) is 0 Å². The Bertz CT molecular complexity index is 280. The van der Waals surface area contributed by atoms with Crippen molar-refractivity contribution >= 4 is 11.8 Å². The van der Waals surface area contributed by atoms with Gasteiger partial charge in [-0.25, -0.2) is 0 Å². The van der Waals surface area contributed by atoms with Crippen LogP contribution in [0.2, 0.25) is 0 Å². The molecule has 1 aliphatic carbocycles. The molecule has 1 aromatic heterocycles. The molecule has 1 heterocycles. The molecule has 90 valence electrons. The molecule has 3 heteroatoms. The van der Waals surface area contributed by atoms with Crippen molar-refractivity contribution in [3.8, 4) is 0 Å². The van der Waals surface area contributed by atoms with Crippen molar-refractivity contribution < 1.29 is 4.42 Å². The topological polar surface area (TPSA) is 25.2 Å². The Morgan fingerprint density at radius 1 is 1.44 bits per heavy atom. The number of furan rings is 1. The Morgan fingerprint density at radius 2 is 2.25 bits per heavy atom. The molecule has 0 amide bonds. The first-order valence-corrected chi connectivity index (χ1v) is 7.27. The van der Waals surface area contributed by atoms with Crippen LogP contribution in [-0.2, 0) is 0 Å². The second kappa shape index (κ2) is 6.36. The molecular formula is C13H21NOS. The maximum Gasteiger partial charge on any atom is 0.121 e. The molecule has 2 rings (SSSR count). The van der Waals surface area contributed by atoms with E-state index in [9.17, 15) is 0 Å². The summed E-state index contributed by atoms with van der Waals surface area (Å²) in [5.41, 5.74) is 0. The normalized spacial score (nSPS) is 19.8. The fourth-order valence-electron chi connectivity index (χ4n) is 2.26. The van der Waals surface area contributed by atoms with Gasteiger partial charge < -0.3 is 9.73 Å². The van der Waals surface area contributed by atoms with E-state index >= 15 is 0 Å². The molecule has 1 fully saturated rings. The number of hydrogen-bond acceptors (Lipinski definition) is 3. The van der Waals surface area contributed by atoms with Crippen LogP contribution in [0.3, 0.4) is 0 Å². The molecule has 2 nitrogen and oxygen atoms in total. The molecule has 0 aromatic carbocycles. The van der Waals surface area contributed by atoms with Gasteiger partial charge in [0.15, 0.2) is 0 Å². The maximum atomic E-state index is 5.45. The minimum Gasteiger partial charge on any atom is -0.468 e. The third kappa shape index (κ3) is 3.29. The molecule has 0 saturated heterocycles. The zero-order chi connectivity index (χ0) is 11.2. The summed E-state index contributed by atoms with van der Waals surface area (Å²) in [4.78, 5) is 0. The van der Waals surface area contributed by atoms with E-state index < -0.39 is 0 Å². The van der Waals surface area contributed by atoms with E-state index in [1.54, 1.807) is 6.26 Å². The first-order valence-electron chi connectivity index (χ1n) is 6.22. The second-order valence-corrected chi connectivity index (χ2v) is 5.78. The predicted molar refractivity (Wildman–Crippen MR) is 69.8 cm³/mol. The lowest BCUT2D eigenvalue weighted by Crippen LogP contribution is -2.20. The third-order valence-corrected chi connectivity index (χ3v) is 4.75. The van der Waals surface area contributed by atoms with Crippen LogP contribution in [-0.4, -0.2) is 18.1 Å². The summed E-state index contributed by atoms with van der Waals surface area (Å²) >= 11 is 2.11. The van der Waals surface area contributed by atoms with Gasteiger partial charge in [-0.2, -0.15) is 11.8 Å². The lowest BCUT2D eigenvalue weighted by Gasteiger charge is -2.23. The van der Waals surface area contributed by atoms with Crippen molar-refractivity contribution in [3.05, 3.63) is 24.2 Å². The lowest BCUT2D eigenvalue weighted by molar-refractivity contribution is 0.451. The Kier molecular flexibility index (Phi) is 4.79. The molecule has 0 bridgehead atoms. The minimum absolute atomic E-state index is 0.363. The van der Waals surface area contributed by atoms with Crippen molar-refractivity contribution in [3.63, 3.8) is 0 Å². The Hall–Kier alpha value is -0.410. The van der Waals surface area contributed by atoms with Gasteiger partial charge in [-0.1, -0.05) is 19.3 Å². The van der Waals surface area contributed by atoms with Crippen molar-refractivity contribution in [2.24, 2.45) is 0 Å². The second-order valence-electron chi connectivity index (χ2n) is 4.45. The molecule has 0 spiro atoms. The van der Waals surface area contributed by atoms with Crippen LogP contribution in [0.1, 0.15) is 43.9 Å². The molecule has 1 aromatic rings. The average Bonchev–Trinajstić information content (AvgIpc) is 2.85. The van der Waals surface area contributed by atoms with Crippen LogP contribution in [0, 0.1) is 0 Å². The highest BCUT2D eigenvalue weighted by atomic mass is 32.2. The maximum absolute atomic E-state index is 5.45. The smallest absolute Gasteiger partial charge is 0.121 e. The molecule has 16 heavy (non-hydrogen) atoms. The molecule has 1 N–H and O–H groups in total. The van der Waals surface area contributed by atoms with Crippen molar-refractivity contribution in [2.45, 2.75) is 43.4 Å². The first-order chi connectivity index (χ1) is 7.90. The van der Waals surface area contributed by atoms with Gasteiger partial charge in [-0.3, -0.25) is 0 Å². The van der Waals surface area contributed by atoms with Crippen LogP contribution in [0.15, 0.2) is 22.8 Å². The van der Waals surface area contributed by atoms with E-state index in [-0.39, 0.29) is 0 Å². The zero-order valence-corrected chi connectivity index (χ0v) is 10.8. The first kappa shape index (κ1) is 12.1. The van der Waals surface area contributed by atoms with E-state index in [4.69, 9.17) is 4.42 Å². The van der Waals surface area contributed by atoms with Gasteiger partial charge in [-0.05, 0) is 32.0 Å². The fraction of sp³-hybridized carbons (Fsp3) is 0.692. The number of rotatable bonds is 5. The highest BCUT2D eigenvalue weighted by Gasteiger charge is 2.18. The third-order valence-electron chi connectivity index (χ3n) is 3.29. The van der Waals surface area contributed by atoms with Crippen LogP contribution >= 0.6 is 11.8 Å². The van der Waals surface area contributed by atoms with Gasteiger partial charge in [0, 0.05) is 11.0 Å². The summed E-state index contributed by atoms with van der Waals surface area (Å²) < 4.78 is 5.45. The average molecular weight is 239 g/mol. The Morgan fingerprint density at radius 3 is 2.88 bits per heavy atom. The van der Waals surface area contributed by atoms with Gasteiger partial charge in [0.25, 0.3) is 0 Å². The monoisotopic (exact) mass is 239 g/mol. The van der Waals surface area contributed by atoms with E-state index in [0.29, 0.717) is 6.04 Å². The lowest BCUT2D eigenvalue weighted by atomic mass is 10.0. The van der Waals surface area contributed by atoms with Gasteiger partial charge >= 0.3 is 0 Å². The zero-order valence-electron chi connectivity index (χ0n) is 9.95. The summed E-state index contributed by atoms with van der Waals surface area (Å²) in [6, 6.07) is 4.38. The molecule has 0 radical (unpaired) electrons. The van der Waals surface area contributed by atoms with Gasteiger partial charge in [0.1, 0.15) is 5.76 Å². The SMILES string of the molecule is CNC(CSC1CCCCC1)c1ccco1. The summed E-state index contributed by atoms with van der Waals surface area (Å²) in [5.74, 6) is 2.18. The van der Waals surface area contributed by atoms with Crippen LogP contribution in [0.25, 0.3) is 0 Å². The van der Waals surface area contributed by atoms with Crippen molar-refractivity contribution in [1.82, 2.24) is 5.32 Å². The van der Waals surface area contributed by atoms with E-state index in [1.807, 2.05) is 13.1 Å². The van der Waals surface area contributed by atoms with Gasteiger partial charge in [0.2, 0.25) is 0 Å². The number of hydrogen-bond donors (Lipinski definition) is 1. The van der Waals surface area contributed by atoms with E-state index in [0.717, 1.165) is 16.8 Å². The Labute approximate surface area is 102 Å². The molecule has 1 atom stereocenters.